The summed E-state index contributed by atoms with van der Waals surface area (Å²) >= 11 is 3.70. The number of hydrogen-bond donors (Lipinski definition) is 0. The van der Waals surface area contributed by atoms with E-state index in [1.54, 1.807) is 28.9 Å². The maximum Gasteiger partial charge on any atom is 0.118 e. The standard InChI is InChI=1S/C25H27NOS2/c1-17-9-12-29-24(17)15-26-21-5-6-22(26)14-20(13-21)25(19-10-11-28-16-19)18-3-7-23(27-2)8-4-18/h3-4,7-12,16,21-22H,5-6,13-15H2,1-2H3. The molecule has 1 aromatic carbocycles. The molecule has 0 aliphatic carbocycles. The van der Waals surface area contributed by atoms with E-state index in [0.29, 0.717) is 12.1 Å². The zero-order valence-electron chi connectivity index (χ0n) is 17.1. The van der Waals surface area contributed by atoms with Crippen molar-refractivity contribution in [2.45, 2.75) is 51.2 Å². The van der Waals surface area contributed by atoms with E-state index in [1.165, 1.54) is 47.9 Å². The third kappa shape index (κ3) is 3.70. The number of piperidine rings is 1. The molecule has 2 saturated heterocycles. The lowest BCUT2D eigenvalue weighted by atomic mass is 9.86. The van der Waals surface area contributed by atoms with Crippen LogP contribution in [0, 0.1) is 6.92 Å². The van der Waals surface area contributed by atoms with Gasteiger partial charge in [-0.3, -0.25) is 4.90 Å². The number of hydrogen-bond acceptors (Lipinski definition) is 4. The number of methoxy groups -OCH3 is 1. The summed E-state index contributed by atoms with van der Waals surface area (Å²) in [6, 6.07) is 14.5. The topological polar surface area (TPSA) is 12.5 Å². The van der Waals surface area contributed by atoms with Crippen molar-refractivity contribution in [2.24, 2.45) is 0 Å². The predicted octanol–water partition coefficient (Wildman–Crippen LogP) is 6.76. The van der Waals surface area contributed by atoms with Crippen LogP contribution in [0.1, 0.15) is 47.3 Å². The van der Waals surface area contributed by atoms with Crippen molar-refractivity contribution < 1.29 is 4.74 Å². The van der Waals surface area contributed by atoms with Crippen LogP contribution in [0.2, 0.25) is 0 Å². The van der Waals surface area contributed by atoms with Gasteiger partial charge in [0, 0.05) is 23.5 Å². The van der Waals surface area contributed by atoms with Crippen LogP contribution < -0.4 is 4.74 Å². The first-order valence-corrected chi connectivity index (χ1v) is 12.2. The lowest BCUT2D eigenvalue weighted by Gasteiger charge is -2.37. The molecule has 29 heavy (non-hydrogen) atoms. The van der Waals surface area contributed by atoms with Gasteiger partial charge in [-0.15, -0.1) is 11.3 Å². The summed E-state index contributed by atoms with van der Waals surface area (Å²) in [5.41, 5.74) is 7.24. The monoisotopic (exact) mass is 421 g/mol. The van der Waals surface area contributed by atoms with E-state index >= 15 is 0 Å². The average Bonchev–Trinajstić information content (AvgIpc) is 3.45. The van der Waals surface area contributed by atoms with Gasteiger partial charge in [0.25, 0.3) is 0 Å². The highest BCUT2D eigenvalue weighted by molar-refractivity contribution is 7.10. The lowest BCUT2D eigenvalue weighted by Crippen LogP contribution is -2.40. The summed E-state index contributed by atoms with van der Waals surface area (Å²) in [4.78, 5) is 4.34. The van der Waals surface area contributed by atoms with Gasteiger partial charge in [0.2, 0.25) is 0 Å². The van der Waals surface area contributed by atoms with E-state index < -0.39 is 0 Å². The van der Waals surface area contributed by atoms with Gasteiger partial charge in [-0.2, -0.15) is 11.3 Å². The predicted molar refractivity (Wildman–Crippen MR) is 124 cm³/mol. The Morgan fingerprint density at radius 1 is 1.00 bits per heavy atom. The fourth-order valence-corrected chi connectivity index (χ4v) is 6.60. The molecule has 2 unspecified atom stereocenters. The van der Waals surface area contributed by atoms with Crippen LogP contribution in [-0.4, -0.2) is 24.1 Å². The van der Waals surface area contributed by atoms with E-state index in [4.69, 9.17) is 4.74 Å². The van der Waals surface area contributed by atoms with Crippen molar-refractivity contribution in [3.63, 3.8) is 0 Å². The second kappa shape index (κ2) is 8.10. The SMILES string of the molecule is COc1ccc(C(=C2CC3CCC(C2)N3Cc2sccc2C)c2ccsc2)cc1. The average molecular weight is 422 g/mol. The number of aryl methyl sites for hydroxylation is 1. The smallest absolute Gasteiger partial charge is 0.118 e. The summed E-state index contributed by atoms with van der Waals surface area (Å²) in [6.45, 7) is 3.38. The first-order chi connectivity index (χ1) is 14.2. The Hall–Kier alpha value is -1.88. The number of benzene rings is 1. The van der Waals surface area contributed by atoms with E-state index in [-0.39, 0.29) is 0 Å². The van der Waals surface area contributed by atoms with Crippen LogP contribution in [0.5, 0.6) is 5.75 Å². The molecule has 2 aromatic heterocycles. The molecule has 2 atom stereocenters. The minimum absolute atomic E-state index is 0.678. The summed E-state index contributed by atoms with van der Waals surface area (Å²) in [7, 11) is 1.73. The normalized spacial score (nSPS) is 21.5. The summed E-state index contributed by atoms with van der Waals surface area (Å²) < 4.78 is 5.38. The number of thiophene rings is 2. The Bertz CT molecular complexity index is 984. The highest BCUT2D eigenvalue weighted by atomic mass is 32.1. The largest absolute Gasteiger partial charge is 0.497 e. The van der Waals surface area contributed by atoms with E-state index in [9.17, 15) is 0 Å². The number of nitrogens with zero attached hydrogens (tertiary/aromatic N) is 1. The Labute approximate surface area is 181 Å². The van der Waals surface area contributed by atoms with Crippen LogP contribution in [0.15, 0.2) is 58.1 Å². The third-order valence-electron chi connectivity index (χ3n) is 6.57. The van der Waals surface area contributed by atoms with Crippen molar-refractivity contribution in [1.82, 2.24) is 4.90 Å². The molecule has 4 heteroatoms. The highest BCUT2D eigenvalue weighted by Gasteiger charge is 2.39. The summed E-state index contributed by atoms with van der Waals surface area (Å²) in [5, 5.41) is 6.73. The minimum Gasteiger partial charge on any atom is -0.497 e. The fraction of sp³-hybridized carbons (Fsp3) is 0.360. The van der Waals surface area contributed by atoms with Crippen LogP contribution in [0.3, 0.4) is 0 Å². The molecule has 2 aliphatic rings. The second-order valence-electron chi connectivity index (χ2n) is 8.21. The van der Waals surface area contributed by atoms with Crippen molar-refractivity contribution in [3.8, 4) is 5.75 Å². The molecule has 4 heterocycles. The van der Waals surface area contributed by atoms with Gasteiger partial charge < -0.3 is 4.74 Å². The second-order valence-corrected chi connectivity index (χ2v) is 9.99. The molecule has 5 rings (SSSR count). The highest BCUT2D eigenvalue weighted by Crippen LogP contribution is 2.44. The fourth-order valence-electron chi connectivity index (χ4n) is 5.04. The van der Waals surface area contributed by atoms with Gasteiger partial charge >= 0.3 is 0 Å². The molecule has 0 N–H and O–H groups in total. The Kier molecular flexibility index (Phi) is 5.33. The van der Waals surface area contributed by atoms with Gasteiger partial charge in [-0.1, -0.05) is 17.7 Å². The molecule has 0 amide bonds. The van der Waals surface area contributed by atoms with Gasteiger partial charge in [0.1, 0.15) is 5.75 Å². The number of rotatable bonds is 5. The van der Waals surface area contributed by atoms with Gasteiger partial charge in [0.05, 0.1) is 7.11 Å². The third-order valence-corrected chi connectivity index (χ3v) is 8.26. The molecule has 2 bridgehead atoms. The van der Waals surface area contributed by atoms with Crippen molar-refractivity contribution in [1.29, 1.82) is 0 Å². The van der Waals surface area contributed by atoms with E-state index in [1.807, 2.05) is 11.3 Å². The number of ether oxygens (including phenoxy) is 1. The van der Waals surface area contributed by atoms with Crippen molar-refractivity contribution in [3.05, 3.63) is 79.7 Å². The Balaban J connectivity index is 1.48. The zero-order chi connectivity index (χ0) is 19.8. The molecule has 3 aromatic rings. The molecule has 0 spiro atoms. The van der Waals surface area contributed by atoms with Gasteiger partial charge in [-0.05, 0) is 95.3 Å². The van der Waals surface area contributed by atoms with E-state index in [0.717, 1.165) is 12.3 Å². The first-order valence-electron chi connectivity index (χ1n) is 10.4. The van der Waals surface area contributed by atoms with Crippen LogP contribution in [0.4, 0.5) is 0 Å². The quantitative estimate of drug-likeness (QED) is 0.451. The molecule has 2 fully saturated rings. The van der Waals surface area contributed by atoms with E-state index in [2.05, 4.69) is 64.4 Å². The minimum atomic E-state index is 0.678. The van der Waals surface area contributed by atoms with Gasteiger partial charge in [0.15, 0.2) is 0 Å². The molecular weight excluding hydrogens is 394 g/mol. The van der Waals surface area contributed by atoms with Crippen LogP contribution in [-0.2, 0) is 6.54 Å². The Morgan fingerprint density at radius 2 is 1.76 bits per heavy atom. The maximum absolute atomic E-state index is 5.38. The number of fused-ring (bicyclic) bond motifs is 2. The van der Waals surface area contributed by atoms with Gasteiger partial charge in [-0.25, -0.2) is 0 Å². The molecule has 2 nitrogen and oxygen atoms in total. The molecule has 0 radical (unpaired) electrons. The van der Waals surface area contributed by atoms with Crippen molar-refractivity contribution >= 4 is 28.2 Å². The maximum atomic E-state index is 5.38. The lowest BCUT2D eigenvalue weighted by molar-refractivity contribution is 0.159. The molecular formula is C25H27NOS2. The first kappa shape index (κ1) is 19.1. The zero-order valence-corrected chi connectivity index (χ0v) is 18.7. The summed E-state index contributed by atoms with van der Waals surface area (Å²) in [5.74, 6) is 0.921. The molecule has 0 saturated carbocycles. The van der Waals surface area contributed by atoms with Crippen LogP contribution in [0.25, 0.3) is 5.57 Å². The Morgan fingerprint density at radius 3 is 2.34 bits per heavy atom. The summed E-state index contributed by atoms with van der Waals surface area (Å²) in [6.07, 6.45) is 5.05. The van der Waals surface area contributed by atoms with Crippen molar-refractivity contribution in [2.75, 3.05) is 7.11 Å². The molecule has 150 valence electrons. The molecule has 2 aliphatic heterocycles. The van der Waals surface area contributed by atoms with Crippen LogP contribution >= 0.6 is 22.7 Å².